The molecule has 0 saturated carbocycles. The van der Waals surface area contributed by atoms with E-state index in [2.05, 4.69) is 132 Å². The van der Waals surface area contributed by atoms with Crippen molar-refractivity contribution in [3.8, 4) is 0 Å². The zero-order valence-corrected chi connectivity index (χ0v) is 29.3. The summed E-state index contributed by atoms with van der Waals surface area (Å²) in [5.74, 6) is 1.32. The minimum absolute atomic E-state index is 0.488. The Morgan fingerprint density at radius 3 is 2.02 bits per heavy atom. The van der Waals surface area contributed by atoms with E-state index in [1.165, 1.54) is 99.3 Å². The maximum absolute atomic E-state index is 4.20. The molecule has 1 nitrogen and oxygen atoms in total. The highest BCUT2D eigenvalue weighted by Gasteiger charge is 2.12. The van der Waals surface area contributed by atoms with Gasteiger partial charge in [0, 0.05) is 18.2 Å². The van der Waals surface area contributed by atoms with Gasteiger partial charge < -0.3 is 5.32 Å². The molecule has 1 aliphatic rings. The van der Waals surface area contributed by atoms with Crippen LogP contribution in [0.15, 0.2) is 103 Å². The van der Waals surface area contributed by atoms with Crippen molar-refractivity contribution >= 4 is 5.70 Å². The second-order valence-corrected chi connectivity index (χ2v) is 12.1. The Balaban J connectivity index is 0.000000383. The average molecular weight is 596 g/mol. The van der Waals surface area contributed by atoms with Crippen LogP contribution in [0.2, 0.25) is 0 Å². The second-order valence-electron chi connectivity index (χ2n) is 12.1. The van der Waals surface area contributed by atoms with Gasteiger partial charge in [0.05, 0.1) is 0 Å². The van der Waals surface area contributed by atoms with Crippen molar-refractivity contribution in [1.29, 1.82) is 0 Å². The molecule has 0 bridgehead atoms. The van der Waals surface area contributed by atoms with Crippen LogP contribution in [0.5, 0.6) is 0 Å². The molecule has 0 radical (unpaired) electrons. The molecular formula is C43H65N. The van der Waals surface area contributed by atoms with E-state index in [0.29, 0.717) is 5.92 Å². The molecule has 0 amide bonds. The molecule has 3 rings (SSSR count). The van der Waals surface area contributed by atoms with Crippen molar-refractivity contribution in [2.75, 3.05) is 6.54 Å². The summed E-state index contributed by atoms with van der Waals surface area (Å²) in [5, 5.41) is 3.47. The highest BCUT2D eigenvalue weighted by atomic mass is 14.9. The van der Waals surface area contributed by atoms with E-state index in [1.807, 2.05) is 12.2 Å². The summed E-state index contributed by atoms with van der Waals surface area (Å²) >= 11 is 0. The first-order chi connectivity index (χ1) is 21.5. The van der Waals surface area contributed by atoms with Gasteiger partial charge in [-0.2, -0.15) is 0 Å². The lowest BCUT2D eigenvalue weighted by Crippen LogP contribution is -2.13. The Morgan fingerprint density at radius 2 is 1.41 bits per heavy atom. The number of hydrogen-bond acceptors (Lipinski definition) is 1. The first-order valence-electron chi connectivity index (χ1n) is 17.9. The van der Waals surface area contributed by atoms with E-state index < -0.39 is 0 Å². The van der Waals surface area contributed by atoms with Gasteiger partial charge in [0.1, 0.15) is 0 Å². The first-order valence-corrected chi connectivity index (χ1v) is 17.9. The quantitative estimate of drug-likeness (QED) is 0.133. The Morgan fingerprint density at radius 1 is 0.750 bits per heavy atom. The molecule has 1 aliphatic carbocycles. The number of rotatable bonds is 18. The standard InChI is InChI=1S/C21H35N.C16H16.C6H14/c1-5-8-9-15-22-18(4)21-14-10-13-20(17-21)16-19(11-6-2)12-7-3;1-2-16(15-12-8-5-9-13-15)14-10-6-3-4-7-11-14;1-3-5-6-4-2/h10,13-14,17,19,22H,4-9,11-12,15-16H2,1-3H3;3,5-13,16H,2H2,1H3;3-6H2,1-2H3. The van der Waals surface area contributed by atoms with E-state index in [9.17, 15) is 0 Å². The normalized spacial score (nSPS) is 12.4. The Bertz CT molecular complexity index is 1100. The summed E-state index contributed by atoms with van der Waals surface area (Å²) < 4.78 is 0. The third-order valence-corrected chi connectivity index (χ3v) is 8.14. The molecule has 0 saturated heterocycles. The summed E-state index contributed by atoms with van der Waals surface area (Å²) in [6.07, 6.45) is 27.2. The fourth-order valence-electron chi connectivity index (χ4n) is 5.65. The van der Waals surface area contributed by atoms with Crippen LogP contribution in [-0.4, -0.2) is 6.54 Å². The third-order valence-electron chi connectivity index (χ3n) is 8.14. The molecular weight excluding hydrogens is 530 g/mol. The van der Waals surface area contributed by atoms with Crippen molar-refractivity contribution in [2.24, 2.45) is 5.92 Å². The van der Waals surface area contributed by atoms with Crippen molar-refractivity contribution in [1.82, 2.24) is 5.32 Å². The summed E-state index contributed by atoms with van der Waals surface area (Å²) in [7, 11) is 0. The van der Waals surface area contributed by atoms with E-state index in [1.54, 1.807) is 0 Å². The molecule has 2 aromatic carbocycles. The molecule has 1 N–H and O–H groups in total. The SMILES string of the molecule is C=C(NCCCCC)c1cccc(CC(CCC)CCC)c1.CCC(C1=CC=C=CC=C1)c1ccccc1.CCCCCC. The average Bonchev–Trinajstić information content (AvgIpc) is 3.33. The molecule has 0 heterocycles. The molecule has 2 aromatic rings. The first kappa shape index (κ1) is 39.0. The van der Waals surface area contributed by atoms with Crippen molar-refractivity contribution in [3.05, 3.63) is 120 Å². The number of allylic oxidation sites excluding steroid dienone is 5. The van der Waals surface area contributed by atoms with Crippen molar-refractivity contribution in [3.63, 3.8) is 0 Å². The van der Waals surface area contributed by atoms with Gasteiger partial charge in [0.2, 0.25) is 0 Å². The van der Waals surface area contributed by atoms with Crippen LogP contribution in [0.1, 0.15) is 141 Å². The van der Waals surface area contributed by atoms with E-state index in [-0.39, 0.29) is 0 Å². The molecule has 0 aliphatic heterocycles. The van der Waals surface area contributed by atoms with Crippen LogP contribution in [0.25, 0.3) is 5.70 Å². The molecule has 1 heteroatoms. The molecule has 1 unspecified atom stereocenters. The summed E-state index contributed by atoms with van der Waals surface area (Å²) in [4.78, 5) is 0. The minimum Gasteiger partial charge on any atom is -0.385 e. The Hall–Kier alpha value is -3.02. The topological polar surface area (TPSA) is 12.0 Å². The van der Waals surface area contributed by atoms with E-state index in [0.717, 1.165) is 24.6 Å². The number of unbranched alkanes of at least 4 members (excludes halogenated alkanes) is 5. The van der Waals surface area contributed by atoms with Crippen LogP contribution in [-0.2, 0) is 6.42 Å². The lowest BCUT2D eigenvalue weighted by Gasteiger charge is -2.16. The van der Waals surface area contributed by atoms with Gasteiger partial charge in [0.15, 0.2) is 0 Å². The van der Waals surface area contributed by atoms with Gasteiger partial charge >= 0.3 is 0 Å². The van der Waals surface area contributed by atoms with Gasteiger partial charge in [0.25, 0.3) is 0 Å². The van der Waals surface area contributed by atoms with Crippen LogP contribution in [0, 0.1) is 5.92 Å². The van der Waals surface area contributed by atoms with Crippen LogP contribution >= 0.6 is 0 Å². The Kier molecular flexibility index (Phi) is 23.4. The summed E-state index contributed by atoms with van der Waals surface area (Å²) in [6, 6.07) is 19.6. The van der Waals surface area contributed by atoms with E-state index in [4.69, 9.17) is 0 Å². The lowest BCUT2D eigenvalue weighted by molar-refractivity contribution is 0.438. The van der Waals surface area contributed by atoms with Gasteiger partial charge in [-0.05, 0) is 65.7 Å². The smallest absolute Gasteiger partial charge is 0.0340 e. The number of benzene rings is 2. The van der Waals surface area contributed by atoms with Gasteiger partial charge in [-0.25, -0.2) is 0 Å². The number of nitrogens with one attached hydrogen (secondary N) is 1. The molecule has 0 spiro atoms. The minimum atomic E-state index is 0.488. The maximum Gasteiger partial charge on any atom is 0.0340 e. The largest absolute Gasteiger partial charge is 0.385 e. The van der Waals surface area contributed by atoms with Crippen LogP contribution < -0.4 is 5.32 Å². The molecule has 44 heavy (non-hydrogen) atoms. The molecule has 0 fully saturated rings. The van der Waals surface area contributed by atoms with Gasteiger partial charge in [-0.15, -0.1) is 5.73 Å². The number of hydrogen-bond donors (Lipinski definition) is 1. The van der Waals surface area contributed by atoms with E-state index >= 15 is 0 Å². The molecule has 0 aromatic heterocycles. The second kappa shape index (κ2) is 26.4. The highest BCUT2D eigenvalue weighted by Crippen LogP contribution is 2.29. The molecule has 1 atom stereocenters. The summed E-state index contributed by atoms with van der Waals surface area (Å²) in [5.41, 5.74) is 9.62. The third kappa shape index (κ3) is 17.3. The van der Waals surface area contributed by atoms with Crippen LogP contribution in [0.4, 0.5) is 0 Å². The fourth-order valence-corrected chi connectivity index (χ4v) is 5.65. The lowest BCUT2D eigenvalue weighted by atomic mass is 9.88. The maximum atomic E-state index is 4.20. The van der Waals surface area contributed by atoms with Crippen molar-refractivity contribution in [2.45, 2.75) is 131 Å². The predicted molar refractivity (Wildman–Crippen MR) is 199 cm³/mol. The van der Waals surface area contributed by atoms with Gasteiger partial charge in [-0.3, -0.25) is 0 Å². The predicted octanol–water partition coefficient (Wildman–Crippen LogP) is 13.2. The zero-order chi connectivity index (χ0) is 32.3. The van der Waals surface area contributed by atoms with Crippen LogP contribution in [0.3, 0.4) is 0 Å². The summed E-state index contributed by atoms with van der Waals surface area (Å²) in [6.45, 7) is 18.8. The monoisotopic (exact) mass is 596 g/mol. The molecule has 242 valence electrons. The van der Waals surface area contributed by atoms with Crippen molar-refractivity contribution < 1.29 is 0 Å². The fraction of sp³-hybridized carbons (Fsp3) is 0.512. The zero-order valence-electron chi connectivity index (χ0n) is 29.3. The van der Waals surface area contributed by atoms with Gasteiger partial charge in [-0.1, -0.05) is 179 Å². The highest BCUT2D eigenvalue weighted by molar-refractivity contribution is 5.62. The Labute approximate surface area is 273 Å².